The lowest BCUT2D eigenvalue weighted by atomic mass is 9.89. The minimum absolute atomic E-state index is 0.379. The molecule has 3 aromatic carbocycles. The van der Waals surface area contributed by atoms with Crippen LogP contribution in [0.3, 0.4) is 0 Å². The number of aromatic nitrogens is 3. The Morgan fingerprint density at radius 1 is 0.837 bits per heavy atom. The summed E-state index contributed by atoms with van der Waals surface area (Å²) in [5.41, 5.74) is 6.00. The highest BCUT2D eigenvalue weighted by molar-refractivity contribution is 5.96. The molecule has 1 atom stereocenters. The third kappa shape index (κ3) is 7.34. The Kier molecular flexibility index (Phi) is 9.65. The van der Waals surface area contributed by atoms with Crippen molar-refractivity contribution in [2.75, 3.05) is 44.2 Å². The van der Waals surface area contributed by atoms with Crippen molar-refractivity contribution in [2.45, 2.75) is 39.0 Å². The number of hydrogen-bond acceptors (Lipinski definition) is 7. The SMILES string of the molecule is CC(C1CCN(C(=O)O)CC1)N1CCN(c2ccc3c(-c4ccc(OCc5ccccc5)nc4OCc4ccccc4)nn(C)c3c2)CC1. The average Bonchev–Trinajstić information content (AvgIpc) is 3.48. The maximum atomic E-state index is 11.3. The molecule has 2 aliphatic rings. The van der Waals surface area contributed by atoms with Gasteiger partial charge in [0, 0.05) is 69.5 Å². The quantitative estimate of drug-likeness (QED) is 0.177. The fraction of sp³-hybridized carbons (Fsp3) is 0.359. The third-order valence-corrected chi connectivity index (χ3v) is 10.1. The van der Waals surface area contributed by atoms with Gasteiger partial charge in [-0.15, -0.1) is 0 Å². The molecule has 49 heavy (non-hydrogen) atoms. The highest BCUT2D eigenvalue weighted by Gasteiger charge is 2.31. The van der Waals surface area contributed by atoms with Gasteiger partial charge in [-0.05, 0) is 61.1 Å². The van der Waals surface area contributed by atoms with E-state index in [0.717, 1.165) is 72.3 Å². The van der Waals surface area contributed by atoms with E-state index < -0.39 is 6.09 Å². The van der Waals surface area contributed by atoms with Gasteiger partial charge >= 0.3 is 6.09 Å². The number of aryl methyl sites for hydroxylation is 1. The number of carboxylic acid groups (broad SMARTS) is 1. The molecular weight excluding hydrogens is 616 g/mol. The topological polar surface area (TPSA) is 96.2 Å². The highest BCUT2D eigenvalue weighted by Crippen LogP contribution is 2.37. The number of piperidine rings is 1. The van der Waals surface area contributed by atoms with Gasteiger partial charge in [0.25, 0.3) is 0 Å². The van der Waals surface area contributed by atoms with Gasteiger partial charge in [0.05, 0.1) is 11.1 Å². The summed E-state index contributed by atoms with van der Waals surface area (Å²) in [6, 6.07) is 31.1. The monoisotopic (exact) mass is 660 g/mol. The first-order valence-electron chi connectivity index (χ1n) is 17.2. The van der Waals surface area contributed by atoms with Crippen LogP contribution in [0.15, 0.2) is 91.0 Å². The number of piperazine rings is 1. The van der Waals surface area contributed by atoms with Crippen molar-refractivity contribution in [3.8, 4) is 23.0 Å². The summed E-state index contributed by atoms with van der Waals surface area (Å²) in [5.74, 6) is 1.52. The first-order valence-corrected chi connectivity index (χ1v) is 17.2. The predicted molar refractivity (Wildman–Crippen MR) is 191 cm³/mol. The van der Waals surface area contributed by atoms with Gasteiger partial charge in [0.15, 0.2) is 0 Å². The minimum Gasteiger partial charge on any atom is -0.473 e. The molecule has 1 amide bonds. The Bertz CT molecular complexity index is 1870. The van der Waals surface area contributed by atoms with Gasteiger partial charge < -0.3 is 24.4 Å². The second kappa shape index (κ2) is 14.6. The van der Waals surface area contributed by atoms with Crippen LogP contribution in [0.1, 0.15) is 30.9 Å². The fourth-order valence-corrected chi connectivity index (χ4v) is 7.15. The van der Waals surface area contributed by atoms with Gasteiger partial charge in [-0.1, -0.05) is 60.7 Å². The summed E-state index contributed by atoms with van der Waals surface area (Å²) < 4.78 is 14.4. The third-order valence-electron chi connectivity index (χ3n) is 10.1. The van der Waals surface area contributed by atoms with Crippen LogP contribution in [0.5, 0.6) is 11.8 Å². The van der Waals surface area contributed by atoms with Gasteiger partial charge in [0.1, 0.15) is 18.9 Å². The zero-order valence-electron chi connectivity index (χ0n) is 28.2. The normalized spacial score (nSPS) is 16.5. The maximum absolute atomic E-state index is 11.3. The van der Waals surface area contributed by atoms with Crippen LogP contribution >= 0.6 is 0 Å². The molecule has 4 heterocycles. The van der Waals surface area contributed by atoms with E-state index in [-0.39, 0.29) is 0 Å². The molecule has 2 fully saturated rings. The molecule has 0 radical (unpaired) electrons. The number of nitrogens with zero attached hydrogens (tertiary/aromatic N) is 6. The van der Waals surface area contributed by atoms with Crippen molar-refractivity contribution in [3.63, 3.8) is 0 Å². The number of carbonyl (C=O) groups is 1. The first kappa shape index (κ1) is 32.5. The zero-order chi connectivity index (χ0) is 33.7. The van der Waals surface area contributed by atoms with Crippen molar-refractivity contribution in [2.24, 2.45) is 13.0 Å². The number of hydrogen-bond donors (Lipinski definition) is 1. The summed E-state index contributed by atoms with van der Waals surface area (Å²) in [4.78, 5) is 22.7. The molecule has 0 bridgehead atoms. The molecular formula is C39H44N6O4. The lowest BCUT2D eigenvalue weighted by molar-refractivity contribution is 0.0848. The summed E-state index contributed by atoms with van der Waals surface area (Å²) in [6.07, 6.45) is 1.07. The van der Waals surface area contributed by atoms with Crippen molar-refractivity contribution in [1.29, 1.82) is 0 Å². The number of benzene rings is 3. The Morgan fingerprint density at radius 2 is 1.49 bits per heavy atom. The van der Waals surface area contributed by atoms with E-state index in [2.05, 4.69) is 34.9 Å². The number of likely N-dealkylation sites (tertiary alicyclic amines) is 1. The Morgan fingerprint density at radius 3 is 2.14 bits per heavy atom. The summed E-state index contributed by atoms with van der Waals surface area (Å²) in [6.45, 7) is 8.25. The standard InChI is InChI=1S/C39H44N6O4/c1-28(31-17-19-45(20-18-31)39(46)47)43-21-23-44(24-22-43)32-13-14-33-35(25-32)42(2)41-37(33)34-15-16-36(48-26-29-9-5-3-6-10-29)40-38(34)49-27-30-11-7-4-8-12-30/h3-16,25,28,31H,17-24,26-27H2,1-2H3,(H,46,47). The maximum Gasteiger partial charge on any atom is 0.407 e. The van der Waals surface area contributed by atoms with E-state index in [1.165, 1.54) is 5.69 Å². The van der Waals surface area contributed by atoms with Crippen LogP contribution in [0.2, 0.25) is 0 Å². The number of fused-ring (bicyclic) bond motifs is 1. The molecule has 0 saturated carbocycles. The first-order chi connectivity index (χ1) is 23.9. The second-order valence-corrected chi connectivity index (χ2v) is 13.1. The van der Waals surface area contributed by atoms with E-state index in [1.807, 2.05) is 84.5 Å². The molecule has 7 rings (SSSR count). The molecule has 5 aromatic rings. The largest absolute Gasteiger partial charge is 0.473 e. The highest BCUT2D eigenvalue weighted by atomic mass is 16.5. The Labute approximate surface area is 287 Å². The number of anilines is 1. The fourth-order valence-electron chi connectivity index (χ4n) is 7.15. The molecule has 2 aliphatic heterocycles. The number of ether oxygens (including phenoxy) is 2. The summed E-state index contributed by atoms with van der Waals surface area (Å²) in [5, 5.41) is 15.3. The van der Waals surface area contributed by atoms with Crippen molar-refractivity contribution >= 4 is 22.7 Å². The van der Waals surface area contributed by atoms with Crippen LogP contribution in [0.4, 0.5) is 10.5 Å². The van der Waals surface area contributed by atoms with E-state index in [1.54, 1.807) is 4.90 Å². The molecule has 10 heteroatoms. The van der Waals surface area contributed by atoms with Crippen molar-refractivity contribution in [3.05, 3.63) is 102 Å². The van der Waals surface area contributed by atoms with Gasteiger partial charge in [-0.25, -0.2) is 4.79 Å². The molecule has 0 spiro atoms. The number of amides is 1. The molecule has 2 saturated heterocycles. The van der Waals surface area contributed by atoms with Gasteiger partial charge in [-0.3, -0.25) is 9.58 Å². The Balaban J connectivity index is 1.07. The smallest absolute Gasteiger partial charge is 0.407 e. The van der Waals surface area contributed by atoms with E-state index in [4.69, 9.17) is 19.6 Å². The minimum atomic E-state index is -0.798. The van der Waals surface area contributed by atoms with Crippen LogP contribution in [0.25, 0.3) is 22.2 Å². The molecule has 0 aliphatic carbocycles. The van der Waals surface area contributed by atoms with E-state index in [9.17, 15) is 9.90 Å². The van der Waals surface area contributed by atoms with Crippen LogP contribution < -0.4 is 14.4 Å². The summed E-state index contributed by atoms with van der Waals surface area (Å²) in [7, 11) is 1.99. The molecule has 2 aromatic heterocycles. The van der Waals surface area contributed by atoms with E-state index >= 15 is 0 Å². The van der Waals surface area contributed by atoms with E-state index in [0.29, 0.717) is 50.0 Å². The average molecular weight is 661 g/mol. The number of rotatable bonds is 10. The molecule has 10 nitrogen and oxygen atoms in total. The predicted octanol–water partition coefficient (Wildman–Crippen LogP) is 6.69. The van der Waals surface area contributed by atoms with Crippen LogP contribution in [-0.2, 0) is 20.3 Å². The zero-order valence-corrected chi connectivity index (χ0v) is 28.2. The van der Waals surface area contributed by atoms with Gasteiger partial charge in [0.2, 0.25) is 11.8 Å². The van der Waals surface area contributed by atoms with Crippen LogP contribution in [-0.4, -0.2) is 81.1 Å². The lowest BCUT2D eigenvalue weighted by Crippen LogP contribution is -2.53. The lowest BCUT2D eigenvalue weighted by Gasteiger charge is -2.43. The Hall–Kier alpha value is -5.09. The van der Waals surface area contributed by atoms with Crippen LogP contribution in [0, 0.1) is 5.92 Å². The van der Waals surface area contributed by atoms with Gasteiger partial charge in [-0.2, -0.15) is 10.1 Å². The number of pyridine rings is 1. The van der Waals surface area contributed by atoms with Crippen molar-refractivity contribution < 1.29 is 19.4 Å². The summed E-state index contributed by atoms with van der Waals surface area (Å²) >= 11 is 0. The molecule has 1 unspecified atom stereocenters. The van der Waals surface area contributed by atoms with Crippen molar-refractivity contribution in [1.82, 2.24) is 24.6 Å². The second-order valence-electron chi connectivity index (χ2n) is 13.1. The molecule has 1 N–H and O–H groups in total. The molecule has 254 valence electrons.